The molecule has 1 aliphatic heterocycles. The highest BCUT2D eigenvalue weighted by atomic mass is 79.9. The monoisotopic (exact) mass is 593 g/mol. The van der Waals surface area contributed by atoms with Gasteiger partial charge in [-0.2, -0.15) is 13.0 Å². The van der Waals surface area contributed by atoms with Crippen LogP contribution in [0.4, 0.5) is 5.69 Å². The Balaban J connectivity index is 1.74. The number of aromatic nitrogens is 1. The average Bonchev–Trinajstić information content (AvgIpc) is 3.14. The van der Waals surface area contributed by atoms with E-state index in [0.717, 1.165) is 39.6 Å². The first-order valence-corrected chi connectivity index (χ1v) is 15.0. The molecule has 1 N–H and O–H groups in total. The van der Waals surface area contributed by atoms with Gasteiger partial charge in [-0.1, -0.05) is 46.2 Å². The predicted molar refractivity (Wildman–Crippen MR) is 150 cm³/mol. The fourth-order valence-corrected chi connectivity index (χ4v) is 6.40. The summed E-state index contributed by atoms with van der Waals surface area (Å²) in [5, 5.41) is 2.80. The zero-order valence-electron chi connectivity index (χ0n) is 19.5. The highest BCUT2D eigenvalue weighted by molar-refractivity contribution is 9.10. The van der Waals surface area contributed by atoms with E-state index in [1.54, 1.807) is 11.8 Å². The van der Waals surface area contributed by atoms with Gasteiger partial charge in [0.25, 0.3) is 10.1 Å². The molecule has 9 heteroatoms. The lowest BCUT2D eigenvalue weighted by atomic mass is 10.1. The second-order valence-corrected chi connectivity index (χ2v) is 12.3. The van der Waals surface area contributed by atoms with E-state index in [1.807, 2.05) is 30.3 Å². The Bertz CT molecular complexity index is 1440. The minimum Gasteiger partial charge on any atom is -0.335 e. The van der Waals surface area contributed by atoms with Crippen LogP contribution in [-0.2, 0) is 16.7 Å². The summed E-state index contributed by atoms with van der Waals surface area (Å²) in [6.45, 7) is 5.60. The molecule has 0 radical (unpaired) electrons. The molecule has 5 nitrogen and oxygen atoms in total. The number of benzene rings is 2. The molecule has 0 atom stereocenters. The van der Waals surface area contributed by atoms with Crippen molar-refractivity contribution < 1.29 is 17.5 Å². The molecule has 0 fully saturated rings. The molecule has 2 aromatic carbocycles. The zero-order valence-corrected chi connectivity index (χ0v) is 23.5. The third-order valence-electron chi connectivity index (χ3n) is 5.87. The smallest absolute Gasteiger partial charge is 0.265 e. The van der Waals surface area contributed by atoms with Crippen LogP contribution in [0.15, 0.2) is 74.6 Å². The number of hydrogen-bond donors (Lipinski definition) is 1. The fraction of sp³-hybridized carbons (Fsp3) is 0.269. The highest BCUT2D eigenvalue weighted by Gasteiger charge is 2.24. The Morgan fingerprint density at radius 3 is 2.69 bits per heavy atom. The first-order chi connectivity index (χ1) is 16.7. The van der Waals surface area contributed by atoms with Gasteiger partial charge in [0.1, 0.15) is 0 Å². The summed E-state index contributed by atoms with van der Waals surface area (Å²) in [6, 6.07) is 16.1. The van der Waals surface area contributed by atoms with Crippen LogP contribution in [0, 0.1) is 0 Å². The molecule has 2 heterocycles. The number of halogens is 2. The number of rotatable bonds is 8. The maximum absolute atomic E-state index is 11.3. The van der Waals surface area contributed by atoms with E-state index in [0.29, 0.717) is 18.0 Å². The molecule has 184 valence electrons. The number of aryl methyl sites for hydroxylation is 1. The van der Waals surface area contributed by atoms with Gasteiger partial charge in [0.05, 0.1) is 16.5 Å². The van der Waals surface area contributed by atoms with E-state index in [4.69, 9.17) is 11.6 Å². The summed E-state index contributed by atoms with van der Waals surface area (Å²) in [5.74, 6) is -0.284. The summed E-state index contributed by atoms with van der Waals surface area (Å²) in [6.07, 6.45) is 5.53. The second-order valence-electron chi connectivity index (χ2n) is 8.27. The Morgan fingerprint density at radius 1 is 1.17 bits per heavy atom. The van der Waals surface area contributed by atoms with Crippen molar-refractivity contribution in [2.75, 3.05) is 17.2 Å². The van der Waals surface area contributed by atoms with Crippen molar-refractivity contribution in [2.24, 2.45) is 0 Å². The number of thioether (sulfide) groups is 1. The molecule has 35 heavy (non-hydrogen) atoms. The van der Waals surface area contributed by atoms with Crippen molar-refractivity contribution >= 4 is 72.1 Å². The van der Waals surface area contributed by atoms with Gasteiger partial charge in [-0.3, -0.25) is 4.55 Å². The third kappa shape index (κ3) is 6.30. The van der Waals surface area contributed by atoms with Crippen LogP contribution in [0.1, 0.15) is 32.4 Å². The lowest BCUT2D eigenvalue weighted by Gasteiger charge is -2.18. The van der Waals surface area contributed by atoms with Crippen molar-refractivity contribution in [3.05, 3.63) is 80.4 Å². The maximum Gasteiger partial charge on any atom is 0.265 e. The normalized spacial score (nSPS) is 15.3. The van der Waals surface area contributed by atoms with Crippen molar-refractivity contribution in [2.45, 2.75) is 38.1 Å². The van der Waals surface area contributed by atoms with Gasteiger partial charge in [0, 0.05) is 51.0 Å². The molecule has 4 rings (SSSR count). The average molecular weight is 595 g/mol. The number of anilines is 1. The van der Waals surface area contributed by atoms with E-state index in [1.165, 1.54) is 15.6 Å². The van der Waals surface area contributed by atoms with Gasteiger partial charge in [0.15, 0.2) is 6.54 Å². The number of fused-ring (bicyclic) bond motifs is 2. The van der Waals surface area contributed by atoms with Gasteiger partial charge in [0.2, 0.25) is 11.2 Å². The van der Waals surface area contributed by atoms with Crippen molar-refractivity contribution in [3.8, 4) is 0 Å². The highest BCUT2D eigenvalue weighted by Crippen LogP contribution is 2.47. The van der Waals surface area contributed by atoms with Gasteiger partial charge in [-0.25, -0.2) is 0 Å². The van der Waals surface area contributed by atoms with E-state index in [-0.39, 0.29) is 5.75 Å². The zero-order chi connectivity index (χ0) is 25.2. The first-order valence-electron chi connectivity index (χ1n) is 11.4. The Kier molecular flexibility index (Phi) is 8.28. The lowest BCUT2D eigenvalue weighted by molar-refractivity contribution is -0.673. The largest absolute Gasteiger partial charge is 0.335 e. The molecule has 0 saturated carbocycles. The quantitative estimate of drug-likeness (QED) is 0.223. The molecule has 3 aromatic rings. The number of nitrogens with zero attached hydrogens (tertiary/aromatic N) is 2. The molecule has 0 aliphatic carbocycles. The predicted octanol–water partition coefficient (Wildman–Crippen LogP) is 7.09. The Labute approximate surface area is 224 Å². The molecule has 0 saturated heterocycles. The standard InChI is InChI=1S/C26H26BrClN2O3S2/c1-3-18(15-26-29(4-2)24-17-20(27)7-11-25(24)34-26)14-22-9-6-19-16-21(28)8-10-23(19)30(22)12-5-13-35(31,32)33/h6-11,14-17H,3-5,12-13H2,1-2H3/p+1. The summed E-state index contributed by atoms with van der Waals surface area (Å²) in [5.41, 5.74) is 4.30. The van der Waals surface area contributed by atoms with Crippen LogP contribution in [0.3, 0.4) is 0 Å². The van der Waals surface area contributed by atoms with Gasteiger partial charge in [-0.15, -0.1) is 0 Å². The number of allylic oxidation sites excluding steroid dienone is 2. The van der Waals surface area contributed by atoms with Crippen molar-refractivity contribution in [1.82, 2.24) is 0 Å². The molecular weight excluding hydrogens is 568 g/mol. The summed E-state index contributed by atoms with van der Waals surface area (Å²) >= 11 is 11.6. The molecule has 0 unspecified atom stereocenters. The van der Waals surface area contributed by atoms with Crippen LogP contribution in [-0.4, -0.2) is 25.3 Å². The second kappa shape index (κ2) is 11.0. The molecule has 1 aliphatic rings. The van der Waals surface area contributed by atoms with Crippen LogP contribution in [0.5, 0.6) is 0 Å². The summed E-state index contributed by atoms with van der Waals surface area (Å²) in [7, 11) is -4.02. The topological polar surface area (TPSA) is 61.5 Å². The minimum atomic E-state index is -4.02. The van der Waals surface area contributed by atoms with Gasteiger partial charge >= 0.3 is 0 Å². The third-order valence-corrected chi connectivity index (χ3v) is 8.51. The molecule has 0 spiro atoms. The Hall–Kier alpha value is -1.84. The molecule has 0 amide bonds. The lowest BCUT2D eigenvalue weighted by Crippen LogP contribution is -2.38. The van der Waals surface area contributed by atoms with Crippen LogP contribution in [0.25, 0.3) is 17.0 Å². The van der Waals surface area contributed by atoms with Gasteiger partial charge < -0.3 is 4.90 Å². The number of pyridine rings is 1. The van der Waals surface area contributed by atoms with Crippen molar-refractivity contribution in [1.29, 1.82) is 0 Å². The first kappa shape index (κ1) is 26.2. The van der Waals surface area contributed by atoms with Crippen LogP contribution < -0.4 is 9.47 Å². The molecule has 1 aromatic heterocycles. The minimum absolute atomic E-state index is 0.284. The van der Waals surface area contributed by atoms with E-state index < -0.39 is 10.1 Å². The van der Waals surface area contributed by atoms with E-state index >= 15 is 0 Å². The summed E-state index contributed by atoms with van der Waals surface area (Å²) < 4.78 is 35.0. The fourth-order valence-electron chi connectivity index (χ4n) is 4.19. The van der Waals surface area contributed by atoms with Gasteiger partial charge in [-0.05, 0) is 61.4 Å². The van der Waals surface area contributed by atoms with E-state index in [2.05, 4.69) is 69.6 Å². The molecule has 0 bridgehead atoms. The maximum atomic E-state index is 11.3. The van der Waals surface area contributed by atoms with Crippen LogP contribution in [0.2, 0.25) is 5.02 Å². The van der Waals surface area contributed by atoms with E-state index in [9.17, 15) is 13.0 Å². The Morgan fingerprint density at radius 2 is 1.97 bits per heavy atom. The van der Waals surface area contributed by atoms with Crippen LogP contribution >= 0.6 is 39.3 Å². The SMILES string of the molecule is CCC(=C/c1ccc2cc(Cl)ccc2[n+]1CCCS(=O)(=O)O)/C=C1/Sc2ccc(Br)cc2N1CC. The molecular formula is C26H27BrClN2O3S2+. The summed E-state index contributed by atoms with van der Waals surface area (Å²) in [4.78, 5) is 3.55. The number of hydrogen-bond acceptors (Lipinski definition) is 4. The van der Waals surface area contributed by atoms with Crippen molar-refractivity contribution in [3.63, 3.8) is 0 Å².